The number of halogens is 2. The highest BCUT2D eigenvalue weighted by molar-refractivity contribution is 7.99. The number of carbonyl (C=O) groups excluding carboxylic acids is 2. The van der Waals surface area contributed by atoms with Gasteiger partial charge in [0.2, 0.25) is 11.8 Å². The number of anilines is 1. The molecule has 0 aliphatic carbocycles. The van der Waals surface area contributed by atoms with Crippen LogP contribution in [0, 0.1) is 6.92 Å². The molecule has 7 nitrogen and oxygen atoms in total. The Labute approximate surface area is 194 Å². The minimum atomic E-state index is -0.225. The van der Waals surface area contributed by atoms with Crippen molar-refractivity contribution in [2.24, 2.45) is 0 Å². The zero-order valence-electron chi connectivity index (χ0n) is 17.1. The van der Waals surface area contributed by atoms with Gasteiger partial charge in [0.25, 0.3) is 0 Å². The molecular formula is C21H21Cl2N5O2S. The maximum Gasteiger partial charge on any atom is 0.230 e. The molecule has 3 rings (SSSR count). The number of carbonyl (C=O) groups is 2. The van der Waals surface area contributed by atoms with Crippen LogP contribution >= 0.6 is 35.0 Å². The topological polar surface area (TPSA) is 88.9 Å². The quantitative estimate of drug-likeness (QED) is 0.476. The van der Waals surface area contributed by atoms with Gasteiger partial charge in [0.05, 0.1) is 27.5 Å². The number of aryl methyl sites for hydroxylation is 1. The van der Waals surface area contributed by atoms with E-state index in [0.717, 1.165) is 11.3 Å². The van der Waals surface area contributed by atoms with Crippen molar-refractivity contribution < 1.29 is 9.59 Å². The van der Waals surface area contributed by atoms with Crippen molar-refractivity contribution in [3.63, 3.8) is 0 Å². The second-order valence-electron chi connectivity index (χ2n) is 6.85. The minimum absolute atomic E-state index is 0.150. The summed E-state index contributed by atoms with van der Waals surface area (Å²) < 4.78 is 1.84. The molecule has 2 aromatic carbocycles. The first-order valence-corrected chi connectivity index (χ1v) is 11.2. The smallest absolute Gasteiger partial charge is 0.230 e. The van der Waals surface area contributed by atoms with E-state index in [-0.39, 0.29) is 23.6 Å². The van der Waals surface area contributed by atoms with Crippen LogP contribution in [-0.2, 0) is 9.59 Å². The SMILES string of the molecule is CC(=O)Nc1cccc(-n2c(C)nnc2SCC(=O)NC(C)c2ccc(Cl)c(Cl)c2)c1. The number of thioether (sulfide) groups is 1. The third kappa shape index (κ3) is 6.00. The van der Waals surface area contributed by atoms with Gasteiger partial charge in [0.15, 0.2) is 5.16 Å². The number of hydrogen-bond donors (Lipinski definition) is 2. The van der Waals surface area contributed by atoms with Crippen LogP contribution in [0.4, 0.5) is 5.69 Å². The van der Waals surface area contributed by atoms with E-state index in [0.29, 0.717) is 26.7 Å². The summed E-state index contributed by atoms with van der Waals surface area (Å²) >= 11 is 13.3. The fourth-order valence-corrected chi connectivity index (χ4v) is 4.05. The Bertz CT molecular complexity index is 1120. The van der Waals surface area contributed by atoms with Gasteiger partial charge >= 0.3 is 0 Å². The predicted octanol–water partition coefficient (Wildman–Crippen LogP) is 4.81. The molecule has 2 amide bonds. The van der Waals surface area contributed by atoms with Crippen LogP contribution in [0.1, 0.15) is 31.3 Å². The van der Waals surface area contributed by atoms with E-state index in [1.54, 1.807) is 18.2 Å². The molecule has 0 saturated carbocycles. The van der Waals surface area contributed by atoms with Crippen LogP contribution in [0.25, 0.3) is 5.69 Å². The number of benzene rings is 2. The molecule has 162 valence electrons. The molecule has 0 radical (unpaired) electrons. The number of nitrogens with one attached hydrogen (secondary N) is 2. The summed E-state index contributed by atoms with van der Waals surface area (Å²) in [4.78, 5) is 23.8. The average Bonchev–Trinajstić information content (AvgIpc) is 3.08. The molecule has 0 spiro atoms. The van der Waals surface area contributed by atoms with E-state index in [1.165, 1.54) is 18.7 Å². The number of nitrogens with zero attached hydrogens (tertiary/aromatic N) is 3. The van der Waals surface area contributed by atoms with Crippen molar-refractivity contribution in [3.8, 4) is 5.69 Å². The lowest BCUT2D eigenvalue weighted by atomic mass is 10.1. The fraction of sp³-hybridized carbons (Fsp3) is 0.238. The summed E-state index contributed by atoms with van der Waals surface area (Å²) in [7, 11) is 0. The standard InChI is InChI=1S/C21H21Cl2N5O2S/c1-12(15-7-8-18(22)19(23)9-15)24-20(30)11-31-21-27-26-13(2)28(21)17-6-4-5-16(10-17)25-14(3)29/h4-10,12H,11H2,1-3H3,(H,24,30)(H,25,29). The van der Waals surface area contributed by atoms with Crippen molar-refractivity contribution in [1.29, 1.82) is 0 Å². The number of amides is 2. The zero-order valence-corrected chi connectivity index (χ0v) is 19.5. The molecule has 3 aromatic rings. The van der Waals surface area contributed by atoms with Crippen molar-refractivity contribution in [1.82, 2.24) is 20.1 Å². The van der Waals surface area contributed by atoms with E-state index < -0.39 is 0 Å². The molecular weight excluding hydrogens is 457 g/mol. The Morgan fingerprint density at radius 2 is 1.90 bits per heavy atom. The summed E-state index contributed by atoms with van der Waals surface area (Å²) in [6.45, 7) is 5.16. The lowest BCUT2D eigenvalue weighted by molar-refractivity contribution is -0.119. The molecule has 0 bridgehead atoms. The lowest BCUT2D eigenvalue weighted by Gasteiger charge is -2.15. The zero-order chi connectivity index (χ0) is 22.5. The molecule has 10 heteroatoms. The first-order chi connectivity index (χ1) is 14.7. The average molecular weight is 478 g/mol. The molecule has 1 aromatic heterocycles. The first kappa shape index (κ1) is 23.1. The summed E-state index contributed by atoms with van der Waals surface area (Å²) in [6.07, 6.45) is 0. The van der Waals surface area contributed by atoms with Gasteiger partial charge in [-0.05, 0) is 49.7 Å². The Kier molecular flexibility index (Phi) is 7.59. The van der Waals surface area contributed by atoms with E-state index in [9.17, 15) is 9.59 Å². The van der Waals surface area contributed by atoms with Crippen LogP contribution in [0.5, 0.6) is 0 Å². The van der Waals surface area contributed by atoms with Gasteiger partial charge in [0, 0.05) is 12.6 Å². The Morgan fingerprint density at radius 3 is 2.61 bits per heavy atom. The van der Waals surface area contributed by atoms with Crippen LogP contribution in [0.2, 0.25) is 10.0 Å². The monoisotopic (exact) mass is 477 g/mol. The third-order valence-corrected chi connectivity index (χ3v) is 6.04. The van der Waals surface area contributed by atoms with Gasteiger partial charge < -0.3 is 10.6 Å². The van der Waals surface area contributed by atoms with Crippen LogP contribution in [0.15, 0.2) is 47.6 Å². The Hall–Kier alpha value is -2.55. The summed E-state index contributed by atoms with van der Waals surface area (Å²) in [5.74, 6) is 0.532. The molecule has 0 fully saturated rings. The maximum atomic E-state index is 12.5. The maximum absolute atomic E-state index is 12.5. The van der Waals surface area contributed by atoms with Crippen LogP contribution in [0.3, 0.4) is 0 Å². The summed E-state index contributed by atoms with van der Waals surface area (Å²) in [6, 6.07) is 12.4. The number of aromatic nitrogens is 3. The van der Waals surface area contributed by atoms with Crippen molar-refractivity contribution in [3.05, 3.63) is 63.9 Å². The van der Waals surface area contributed by atoms with Crippen LogP contribution < -0.4 is 10.6 Å². The molecule has 0 saturated heterocycles. The fourth-order valence-electron chi connectivity index (χ4n) is 2.94. The number of rotatable bonds is 7. The number of hydrogen-bond acceptors (Lipinski definition) is 5. The molecule has 1 unspecified atom stereocenters. The van der Waals surface area contributed by atoms with Gasteiger partial charge in [-0.3, -0.25) is 14.2 Å². The third-order valence-electron chi connectivity index (χ3n) is 4.37. The second-order valence-corrected chi connectivity index (χ2v) is 8.61. The van der Waals surface area contributed by atoms with E-state index in [4.69, 9.17) is 23.2 Å². The molecule has 1 atom stereocenters. The molecule has 0 aliphatic rings. The summed E-state index contributed by atoms with van der Waals surface area (Å²) in [5.41, 5.74) is 2.32. The van der Waals surface area contributed by atoms with Gasteiger partial charge in [0.1, 0.15) is 5.82 Å². The minimum Gasteiger partial charge on any atom is -0.349 e. The Balaban J connectivity index is 1.68. The van der Waals surface area contributed by atoms with Crippen molar-refractivity contribution in [2.75, 3.05) is 11.1 Å². The molecule has 31 heavy (non-hydrogen) atoms. The predicted molar refractivity (Wildman–Crippen MR) is 124 cm³/mol. The van der Waals surface area contributed by atoms with Gasteiger partial charge in [-0.2, -0.15) is 0 Å². The summed E-state index contributed by atoms with van der Waals surface area (Å²) in [5, 5.41) is 15.5. The first-order valence-electron chi connectivity index (χ1n) is 9.41. The van der Waals surface area contributed by atoms with Gasteiger partial charge in [-0.1, -0.05) is 47.1 Å². The largest absolute Gasteiger partial charge is 0.349 e. The molecule has 2 N–H and O–H groups in total. The van der Waals surface area contributed by atoms with Crippen molar-refractivity contribution in [2.45, 2.75) is 32.0 Å². The highest BCUT2D eigenvalue weighted by Gasteiger charge is 2.16. The van der Waals surface area contributed by atoms with E-state index in [1.807, 2.05) is 42.7 Å². The highest BCUT2D eigenvalue weighted by atomic mass is 35.5. The van der Waals surface area contributed by atoms with E-state index >= 15 is 0 Å². The Morgan fingerprint density at radius 1 is 1.13 bits per heavy atom. The highest BCUT2D eigenvalue weighted by Crippen LogP contribution is 2.26. The lowest BCUT2D eigenvalue weighted by Crippen LogP contribution is -2.28. The van der Waals surface area contributed by atoms with E-state index in [2.05, 4.69) is 20.8 Å². The second kappa shape index (κ2) is 10.2. The van der Waals surface area contributed by atoms with Crippen LogP contribution in [-0.4, -0.2) is 32.3 Å². The molecule has 1 heterocycles. The normalized spacial score (nSPS) is 11.8. The molecule has 0 aliphatic heterocycles. The van der Waals surface area contributed by atoms with Gasteiger partial charge in [-0.15, -0.1) is 10.2 Å². The van der Waals surface area contributed by atoms with Gasteiger partial charge in [-0.25, -0.2) is 0 Å². The van der Waals surface area contributed by atoms with Crippen molar-refractivity contribution >= 4 is 52.5 Å².